The number of aliphatic hydroxyl groups excluding tert-OH is 2. The molecular formula is C18H21N3O7. The summed E-state index contributed by atoms with van der Waals surface area (Å²) in [5.41, 5.74) is 1.31. The van der Waals surface area contributed by atoms with Crippen LogP contribution in [0.15, 0.2) is 48.3 Å². The molecule has 2 heterocycles. The van der Waals surface area contributed by atoms with Crippen molar-refractivity contribution in [2.24, 2.45) is 0 Å². The lowest BCUT2D eigenvalue weighted by Crippen LogP contribution is -2.46. The van der Waals surface area contributed by atoms with Gasteiger partial charge in [-0.15, -0.1) is 0 Å². The van der Waals surface area contributed by atoms with Gasteiger partial charge in [0.2, 0.25) is 0 Å². The lowest BCUT2D eigenvalue weighted by atomic mass is 10.1. The normalized spacial score (nSPS) is 24.9. The number of benzene rings is 1. The smallest absolute Gasteiger partial charge is 0.327 e. The minimum absolute atomic E-state index is 0.0148. The maximum Gasteiger partial charge on any atom is 0.327 e. The third-order valence-corrected chi connectivity index (χ3v) is 4.57. The third-order valence-electron chi connectivity index (χ3n) is 4.57. The Morgan fingerprint density at radius 3 is 2.82 bits per heavy atom. The molecule has 0 aliphatic carbocycles. The first-order valence-electron chi connectivity index (χ1n) is 8.64. The van der Waals surface area contributed by atoms with Crippen molar-refractivity contribution in [2.75, 3.05) is 13.2 Å². The first kappa shape index (κ1) is 20.0. The molecule has 0 spiro atoms. The van der Waals surface area contributed by atoms with Gasteiger partial charge in [-0.1, -0.05) is 18.7 Å². The molecule has 0 saturated carbocycles. The second-order valence-electron chi connectivity index (χ2n) is 6.46. The number of aliphatic hydroxyl groups is 2. The molecule has 10 heteroatoms. The number of nitro groups is 1. The average molecular weight is 391 g/mol. The second kappa shape index (κ2) is 8.48. The van der Waals surface area contributed by atoms with E-state index in [0.29, 0.717) is 16.8 Å². The molecule has 1 saturated heterocycles. The van der Waals surface area contributed by atoms with E-state index in [1.165, 1.54) is 17.2 Å². The Labute approximate surface area is 160 Å². The molecule has 1 aromatic rings. The summed E-state index contributed by atoms with van der Waals surface area (Å²) in [4.78, 5) is 24.1. The Morgan fingerprint density at radius 1 is 1.39 bits per heavy atom. The molecule has 0 unspecified atom stereocenters. The van der Waals surface area contributed by atoms with Crippen LogP contribution >= 0.6 is 0 Å². The van der Waals surface area contributed by atoms with Gasteiger partial charge in [-0.2, -0.15) is 0 Å². The first-order chi connectivity index (χ1) is 13.4. The molecule has 3 N–H and O–H groups in total. The fraction of sp³-hybridized carbons (Fsp3) is 0.389. The first-order valence-corrected chi connectivity index (χ1v) is 8.64. The maximum absolute atomic E-state index is 12.2. The quantitative estimate of drug-likeness (QED) is 0.466. The Morgan fingerprint density at radius 2 is 2.14 bits per heavy atom. The van der Waals surface area contributed by atoms with Crippen LogP contribution in [-0.2, 0) is 16.1 Å². The molecule has 0 bridgehead atoms. The van der Waals surface area contributed by atoms with Crippen LogP contribution in [0.25, 0.3) is 0 Å². The number of hydrogen-bond acceptors (Lipinski definition) is 7. The SMILES string of the molecule is C=C1NC(=O)N([C@H]2C[C@@H](O)[C@@H](CO)O2)C=C1COCc1ccccc1[N+](=O)[O-]. The molecule has 3 rings (SSSR count). The van der Waals surface area contributed by atoms with Crippen LogP contribution < -0.4 is 5.32 Å². The molecule has 3 atom stereocenters. The van der Waals surface area contributed by atoms with E-state index in [4.69, 9.17) is 9.47 Å². The van der Waals surface area contributed by atoms with E-state index < -0.39 is 29.4 Å². The molecule has 10 nitrogen and oxygen atoms in total. The summed E-state index contributed by atoms with van der Waals surface area (Å²) in [5, 5.41) is 32.7. The van der Waals surface area contributed by atoms with E-state index >= 15 is 0 Å². The van der Waals surface area contributed by atoms with Crippen molar-refractivity contribution in [2.45, 2.75) is 31.5 Å². The maximum atomic E-state index is 12.2. The Hall–Kier alpha value is -2.79. The Bertz CT molecular complexity index is 810. The Balaban J connectivity index is 1.67. The van der Waals surface area contributed by atoms with E-state index in [9.17, 15) is 25.1 Å². The number of nitro benzene ring substituents is 1. The van der Waals surface area contributed by atoms with Crippen molar-refractivity contribution in [3.8, 4) is 0 Å². The monoisotopic (exact) mass is 391 g/mol. The van der Waals surface area contributed by atoms with Crippen molar-refractivity contribution in [3.05, 3.63) is 64.0 Å². The summed E-state index contributed by atoms with van der Waals surface area (Å²) in [5.74, 6) is 0. The summed E-state index contributed by atoms with van der Waals surface area (Å²) in [6, 6.07) is 5.81. The molecule has 0 aromatic heterocycles. The molecule has 2 amide bonds. The zero-order valence-corrected chi connectivity index (χ0v) is 15.0. The minimum atomic E-state index is -0.875. The van der Waals surface area contributed by atoms with Crippen molar-refractivity contribution in [3.63, 3.8) is 0 Å². The zero-order valence-electron chi connectivity index (χ0n) is 15.0. The zero-order chi connectivity index (χ0) is 20.3. The third kappa shape index (κ3) is 4.20. The lowest BCUT2D eigenvalue weighted by molar-refractivity contribution is -0.385. The summed E-state index contributed by atoms with van der Waals surface area (Å²) in [6.45, 7) is 3.50. The van der Waals surface area contributed by atoms with E-state index in [1.807, 2.05) is 0 Å². The Kier molecular flexibility index (Phi) is 6.05. The number of nitrogens with one attached hydrogen (secondary N) is 1. The average Bonchev–Trinajstić information content (AvgIpc) is 3.04. The van der Waals surface area contributed by atoms with E-state index in [-0.39, 0.29) is 31.9 Å². The van der Waals surface area contributed by atoms with Gasteiger partial charge in [-0.05, 0) is 6.07 Å². The predicted molar refractivity (Wildman–Crippen MR) is 96.7 cm³/mol. The van der Waals surface area contributed by atoms with E-state index in [0.717, 1.165) is 0 Å². The fourth-order valence-electron chi connectivity index (χ4n) is 3.05. The number of amides is 2. The van der Waals surface area contributed by atoms with Crippen molar-refractivity contribution >= 4 is 11.7 Å². The standard InChI is InChI=1S/C18H21N3O7/c1-11-13(10-27-9-12-4-2-3-5-14(12)21(25)26)7-20(18(24)19-11)17-6-15(23)16(8-22)28-17/h2-5,7,15-17,22-23H,1,6,8-10H2,(H,19,24)/t15-,16-,17-/m1/s1. The molecule has 2 aliphatic rings. The topological polar surface area (TPSA) is 134 Å². The summed E-state index contributed by atoms with van der Waals surface area (Å²) in [7, 11) is 0. The van der Waals surface area contributed by atoms with Gasteiger partial charge in [0.05, 0.1) is 36.4 Å². The van der Waals surface area contributed by atoms with E-state index in [1.54, 1.807) is 18.2 Å². The van der Waals surface area contributed by atoms with Gasteiger partial charge in [-0.3, -0.25) is 15.0 Å². The highest BCUT2D eigenvalue weighted by Gasteiger charge is 2.39. The number of rotatable bonds is 7. The second-order valence-corrected chi connectivity index (χ2v) is 6.46. The van der Waals surface area contributed by atoms with Crippen LogP contribution in [0.3, 0.4) is 0 Å². The summed E-state index contributed by atoms with van der Waals surface area (Å²) in [6.07, 6.45) is -0.691. The molecule has 1 aromatic carbocycles. The van der Waals surface area contributed by atoms with Gasteiger partial charge >= 0.3 is 6.03 Å². The molecule has 150 valence electrons. The molecule has 0 radical (unpaired) electrons. The van der Waals surface area contributed by atoms with Gasteiger partial charge < -0.3 is 25.0 Å². The van der Waals surface area contributed by atoms with Crippen molar-refractivity contribution in [1.29, 1.82) is 0 Å². The highest BCUT2D eigenvalue weighted by atomic mass is 16.6. The highest BCUT2D eigenvalue weighted by Crippen LogP contribution is 2.27. The van der Waals surface area contributed by atoms with Crippen molar-refractivity contribution < 1.29 is 29.4 Å². The number of carbonyl (C=O) groups excluding carboxylic acids is 1. The van der Waals surface area contributed by atoms with E-state index in [2.05, 4.69) is 11.9 Å². The van der Waals surface area contributed by atoms with Crippen LogP contribution in [0.2, 0.25) is 0 Å². The van der Waals surface area contributed by atoms with Crippen LogP contribution in [0, 0.1) is 10.1 Å². The van der Waals surface area contributed by atoms with Crippen LogP contribution in [0.5, 0.6) is 0 Å². The minimum Gasteiger partial charge on any atom is -0.394 e. The fourth-order valence-corrected chi connectivity index (χ4v) is 3.05. The van der Waals surface area contributed by atoms with Crippen LogP contribution in [0.4, 0.5) is 10.5 Å². The van der Waals surface area contributed by atoms with Gasteiger partial charge in [0.25, 0.3) is 5.69 Å². The largest absolute Gasteiger partial charge is 0.394 e. The number of carbonyl (C=O) groups is 1. The number of hydrogen-bond donors (Lipinski definition) is 3. The van der Waals surface area contributed by atoms with Gasteiger partial charge in [0, 0.05) is 30.0 Å². The summed E-state index contributed by atoms with van der Waals surface area (Å²) < 4.78 is 11.1. The molecule has 28 heavy (non-hydrogen) atoms. The van der Waals surface area contributed by atoms with Gasteiger partial charge in [0.15, 0.2) is 0 Å². The predicted octanol–water partition coefficient (Wildman–Crippen LogP) is 1.00. The number of ether oxygens (including phenoxy) is 2. The van der Waals surface area contributed by atoms with Gasteiger partial charge in [0.1, 0.15) is 12.3 Å². The molecule has 1 fully saturated rings. The lowest BCUT2D eigenvalue weighted by Gasteiger charge is -2.31. The molecule has 2 aliphatic heterocycles. The van der Waals surface area contributed by atoms with Crippen LogP contribution in [0.1, 0.15) is 12.0 Å². The van der Waals surface area contributed by atoms with Gasteiger partial charge in [-0.25, -0.2) is 4.79 Å². The number of urea groups is 1. The number of nitrogens with zero attached hydrogens (tertiary/aromatic N) is 2. The van der Waals surface area contributed by atoms with Crippen molar-refractivity contribution in [1.82, 2.24) is 10.2 Å². The highest BCUT2D eigenvalue weighted by molar-refractivity contribution is 5.80. The van der Waals surface area contributed by atoms with Crippen LogP contribution in [-0.4, -0.2) is 57.7 Å². The molecular weight excluding hydrogens is 370 g/mol. The number of para-hydroxylation sites is 1. The summed E-state index contributed by atoms with van der Waals surface area (Å²) >= 11 is 0.